The molecule has 9 nitrogen and oxygen atoms in total. The second kappa shape index (κ2) is 8.80. The molecule has 3 aromatic rings. The van der Waals surface area contributed by atoms with Gasteiger partial charge in [0.05, 0.1) is 32.0 Å². The highest BCUT2D eigenvalue weighted by Gasteiger charge is 2.35. The predicted molar refractivity (Wildman–Crippen MR) is 132 cm³/mol. The Kier molecular flexibility index (Phi) is 5.61. The van der Waals surface area contributed by atoms with E-state index < -0.39 is 0 Å². The number of rotatable bonds is 4. The van der Waals surface area contributed by atoms with E-state index in [0.717, 1.165) is 72.7 Å². The van der Waals surface area contributed by atoms with Gasteiger partial charge in [-0.2, -0.15) is 10.2 Å². The topological polar surface area (TPSA) is 88.7 Å². The van der Waals surface area contributed by atoms with Gasteiger partial charge in [0, 0.05) is 74.7 Å². The molecule has 0 radical (unpaired) electrons. The number of hydrogen-bond donors (Lipinski definition) is 1. The summed E-state index contributed by atoms with van der Waals surface area (Å²) in [4.78, 5) is 16.5. The largest absolute Gasteiger partial charge is 0.396 e. The van der Waals surface area contributed by atoms with Crippen molar-refractivity contribution in [3.05, 3.63) is 47.4 Å². The molecule has 1 aromatic carbocycles. The Bertz CT molecular complexity index is 1260. The lowest BCUT2D eigenvalue weighted by atomic mass is 9.88. The van der Waals surface area contributed by atoms with Crippen LogP contribution in [0.25, 0.3) is 11.1 Å². The van der Waals surface area contributed by atoms with Gasteiger partial charge in [0.15, 0.2) is 5.82 Å². The van der Waals surface area contributed by atoms with Gasteiger partial charge in [0.2, 0.25) is 5.91 Å². The summed E-state index contributed by atoms with van der Waals surface area (Å²) >= 11 is 0. The molecule has 2 aromatic heterocycles. The van der Waals surface area contributed by atoms with E-state index in [-0.39, 0.29) is 24.5 Å². The minimum Gasteiger partial charge on any atom is -0.396 e. The van der Waals surface area contributed by atoms with Crippen molar-refractivity contribution < 1.29 is 14.6 Å². The Morgan fingerprint density at radius 3 is 2.83 bits per heavy atom. The molecule has 1 N–H and O–H groups in total. The number of aliphatic hydroxyl groups excluding tert-OH is 1. The first-order chi connectivity index (χ1) is 17.0. The Hall–Kier alpha value is -3.17. The van der Waals surface area contributed by atoms with Crippen LogP contribution in [0.1, 0.15) is 48.5 Å². The molecule has 0 unspecified atom stereocenters. The molecule has 0 spiro atoms. The fourth-order valence-electron chi connectivity index (χ4n) is 5.78. The maximum Gasteiger partial charge on any atom is 0.219 e. The number of aromatic nitrogens is 4. The summed E-state index contributed by atoms with van der Waals surface area (Å²) in [5.41, 5.74) is 6.73. The number of hydrogen-bond acceptors (Lipinski definition) is 6. The molecular formula is C26H32N6O3. The molecule has 0 bridgehead atoms. The third kappa shape index (κ3) is 3.83. The molecule has 5 heterocycles. The minimum atomic E-state index is 0.0766. The van der Waals surface area contributed by atoms with Crippen molar-refractivity contribution in [1.29, 1.82) is 0 Å². The SMILES string of the molecule is CC(=O)N1CCc2c(c(N3CC[C@@H](CO)c4cc(-c5cnn(C)c5)ccc43)nn2[C@H]2CCOC2)C1. The number of anilines is 2. The minimum absolute atomic E-state index is 0.0766. The first kappa shape index (κ1) is 22.3. The lowest BCUT2D eigenvalue weighted by molar-refractivity contribution is -0.129. The molecule has 35 heavy (non-hydrogen) atoms. The highest BCUT2D eigenvalue weighted by Crippen LogP contribution is 2.43. The molecule has 2 atom stereocenters. The molecule has 3 aliphatic rings. The maximum absolute atomic E-state index is 12.2. The van der Waals surface area contributed by atoms with Crippen LogP contribution < -0.4 is 4.90 Å². The Labute approximate surface area is 204 Å². The summed E-state index contributed by atoms with van der Waals surface area (Å²) < 4.78 is 9.67. The standard InChI is InChI=1S/C26H32N6O3/c1-17(34)30-8-6-25-23(14-30)26(28-32(25)21-7-10-35-16-21)31-9-5-19(15-33)22-11-18(3-4-24(22)31)20-12-27-29(2)13-20/h3-4,11-13,19,21,33H,5-10,14-16H2,1-2H3/t19-,21-/m0/s1. The van der Waals surface area contributed by atoms with Gasteiger partial charge in [-0.15, -0.1) is 0 Å². The fourth-order valence-corrected chi connectivity index (χ4v) is 5.78. The molecule has 0 saturated carbocycles. The van der Waals surface area contributed by atoms with Crippen LogP contribution in [0.5, 0.6) is 0 Å². The number of nitrogens with zero attached hydrogens (tertiary/aromatic N) is 6. The summed E-state index contributed by atoms with van der Waals surface area (Å²) in [6.07, 6.45) is 6.48. The van der Waals surface area contributed by atoms with Crippen LogP contribution in [0, 0.1) is 0 Å². The van der Waals surface area contributed by atoms with Crippen molar-refractivity contribution in [3.8, 4) is 11.1 Å². The van der Waals surface area contributed by atoms with E-state index in [1.54, 1.807) is 11.6 Å². The van der Waals surface area contributed by atoms with E-state index in [4.69, 9.17) is 9.84 Å². The van der Waals surface area contributed by atoms with E-state index in [0.29, 0.717) is 13.2 Å². The fraction of sp³-hybridized carbons (Fsp3) is 0.500. The summed E-state index contributed by atoms with van der Waals surface area (Å²) in [7, 11) is 1.92. The van der Waals surface area contributed by atoms with Crippen molar-refractivity contribution in [3.63, 3.8) is 0 Å². The van der Waals surface area contributed by atoms with Crippen LogP contribution in [0.15, 0.2) is 30.6 Å². The van der Waals surface area contributed by atoms with Crippen molar-refractivity contribution in [2.24, 2.45) is 7.05 Å². The number of aliphatic hydroxyl groups is 1. The molecule has 3 aliphatic heterocycles. The third-order valence-corrected chi connectivity index (χ3v) is 7.74. The summed E-state index contributed by atoms with van der Waals surface area (Å²) in [5, 5.41) is 19.7. The number of benzene rings is 1. The smallest absolute Gasteiger partial charge is 0.219 e. The monoisotopic (exact) mass is 476 g/mol. The van der Waals surface area contributed by atoms with Gasteiger partial charge in [0.25, 0.3) is 0 Å². The molecule has 1 fully saturated rings. The van der Waals surface area contributed by atoms with Crippen LogP contribution in [-0.4, -0.2) is 68.4 Å². The van der Waals surface area contributed by atoms with Crippen LogP contribution in [0.2, 0.25) is 0 Å². The van der Waals surface area contributed by atoms with Crippen molar-refractivity contribution in [2.75, 3.05) is 37.8 Å². The van der Waals surface area contributed by atoms with Crippen LogP contribution in [0.3, 0.4) is 0 Å². The van der Waals surface area contributed by atoms with E-state index in [1.165, 1.54) is 5.69 Å². The van der Waals surface area contributed by atoms with E-state index in [9.17, 15) is 9.90 Å². The zero-order chi connectivity index (χ0) is 24.1. The molecule has 9 heteroatoms. The second-order valence-corrected chi connectivity index (χ2v) is 9.90. The van der Waals surface area contributed by atoms with Crippen molar-refractivity contribution in [1.82, 2.24) is 24.5 Å². The molecular weight excluding hydrogens is 444 g/mol. The first-order valence-corrected chi connectivity index (χ1v) is 12.5. The van der Waals surface area contributed by atoms with Gasteiger partial charge in [-0.1, -0.05) is 6.07 Å². The van der Waals surface area contributed by atoms with E-state index >= 15 is 0 Å². The molecule has 6 rings (SSSR count). The van der Waals surface area contributed by atoms with Crippen LogP contribution in [0.4, 0.5) is 11.5 Å². The Balaban J connectivity index is 1.45. The Morgan fingerprint density at radius 1 is 1.23 bits per heavy atom. The number of ether oxygens (including phenoxy) is 1. The number of fused-ring (bicyclic) bond motifs is 2. The lowest BCUT2D eigenvalue weighted by Crippen LogP contribution is -2.36. The second-order valence-electron chi connectivity index (χ2n) is 9.90. The van der Waals surface area contributed by atoms with Gasteiger partial charge in [0.1, 0.15) is 0 Å². The third-order valence-electron chi connectivity index (χ3n) is 7.74. The normalized spacial score (nSPS) is 21.8. The number of aryl methyl sites for hydroxylation is 1. The molecule has 184 valence electrons. The average molecular weight is 477 g/mol. The van der Waals surface area contributed by atoms with Crippen molar-refractivity contribution >= 4 is 17.4 Å². The highest BCUT2D eigenvalue weighted by atomic mass is 16.5. The molecule has 1 saturated heterocycles. The number of carbonyl (C=O) groups excluding carboxylic acids is 1. The first-order valence-electron chi connectivity index (χ1n) is 12.5. The summed E-state index contributed by atoms with van der Waals surface area (Å²) in [6.45, 7) is 5.27. The average Bonchev–Trinajstić information content (AvgIpc) is 3.62. The quantitative estimate of drug-likeness (QED) is 0.623. The maximum atomic E-state index is 12.2. The van der Waals surface area contributed by atoms with E-state index in [2.05, 4.69) is 32.9 Å². The molecule has 0 aliphatic carbocycles. The predicted octanol–water partition coefficient (Wildman–Crippen LogP) is 2.77. The summed E-state index contributed by atoms with van der Waals surface area (Å²) in [6, 6.07) is 6.70. The van der Waals surface area contributed by atoms with Gasteiger partial charge < -0.3 is 19.6 Å². The van der Waals surface area contributed by atoms with Gasteiger partial charge in [-0.05, 0) is 36.1 Å². The number of amides is 1. The summed E-state index contributed by atoms with van der Waals surface area (Å²) in [5.74, 6) is 1.11. The number of carbonyl (C=O) groups is 1. The molecule has 1 amide bonds. The van der Waals surface area contributed by atoms with Crippen LogP contribution >= 0.6 is 0 Å². The lowest BCUT2D eigenvalue weighted by Gasteiger charge is -2.35. The zero-order valence-electron chi connectivity index (χ0n) is 20.4. The van der Waals surface area contributed by atoms with Crippen molar-refractivity contribution in [2.45, 2.75) is 44.7 Å². The van der Waals surface area contributed by atoms with Gasteiger partial charge in [-0.3, -0.25) is 14.2 Å². The van der Waals surface area contributed by atoms with E-state index in [1.807, 2.05) is 24.3 Å². The van der Waals surface area contributed by atoms with Gasteiger partial charge in [-0.25, -0.2) is 0 Å². The van der Waals surface area contributed by atoms with Crippen LogP contribution in [-0.2, 0) is 29.5 Å². The zero-order valence-corrected chi connectivity index (χ0v) is 20.4. The highest BCUT2D eigenvalue weighted by molar-refractivity contribution is 5.76. The van der Waals surface area contributed by atoms with Gasteiger partial charge >= 0.3 is 0 Å². The Morgan fingerprint density at radius 2 is 2.11 bits per heavy atom.